The summed E-state index contributed by atoms with van der Waals surface area (Å²) >= 11 is 0. The molecule has 1 fully saturated rings. The van der Waals surface area contributed by atoms with Crippen molar-refractivity contribution in [3.63, 3.8) is 0 Å². The average molecular weight is 273 g/mol. The molecule has 1 aromatic carbocycles. The second-order valence-electron chi connectivity index (χ2n) is 5.96. The minimum atomic E-state index is -0.429. The number of hydrogen-bond donors (Lipinski definition) is 1. The third kappa shape index (κ3) is 2.58. The van der Waals surface area contributed by atoms with Crippen LogP contribution >= 0.6 is 0 Å². The van der Waals surface area contributed by atoms with Gasteiger partial charge in [-0.25, -0.2) is 4.98 Å². The fraction of sp³-hybridized carbons (Fsp3) is 0.562. The van der Waals surface area contributed by atoms with Gasteiger partial charge in [0.15, 0.2) is 0 Å². The van der Waals surface area contributed by atoms with Gasteiger partial charge < -0.3 is 9.67 Å². The lowest BCUT2D eigenvalue weighted by atomic mass is 10.0. The van der Waals surface area contributed by atoms with Crippen molar-refractivity contribution in [1.82, 2.24) is 14.5 Å². The molecule has 0 saturated carbocycles. The molecule has 0 bridgehead atoms. The van der Waals surface area contributed by atoms with Crippen molar-refractivity contribution in [3.8, 4) is 0 Å². The Labute approximate surface area is 120 Å². The summed E-state index contributed by atoms with van der Waals surface area (Å²) in [6.45, 7) is 4.08. The van der Waals surface area contributed by atoms with Gasteiger partial charge in [0.05, 0.1) is 23.5 Å². The molecule has 2 unspecified atom stereocenters. The van der Waals surface area contributed by atoms with Crippen molar-refractivity contribution in [1.29, 1.82) is 0 Å². The molecule has 0 radical (unpaired) electrons. The maximum Gasteiger partial charge on any atom is 0.0955 e. The van der Waals surface area contributed by atoms with Gasteiger partial charge >= 0.3 is 0 Å². The van der Waals surface area contributed by atoms with E-state index in [0.717, 1.165) is 29.7 Å². The summed E-state index contributed by atoms with van der Waals surface area (Å²) in [5.41, 5.74) is 3.03. The number of fused-ring (bicyclic) bond motifs is 1. The molecule has 1 saturated heterocycles. The van der Waals surface area contributed by atoms with Gasteiger partial charge in [-0.05, 0) is 44.0 Å². The van der Waals surface area contributed by atoms with Crippen LogP contribution in [0.3, 0.4) is 0 Å². The molecule has 108 valence electrons. The van der Waals surface area contributed by atoms with E-state index in [-0.39, 0.29) is 0 Å². The first-order chi connectivity index (χ1) is 9.65. The largest absolute Gasteiger partial charge is 0.387 e. The fourth-order valence-corrected chi connectivity index (χ4v) is 3.12. The topological polar surface area (TPSA) is 41.3 Å². The van der Waals surface area contributed by atoms with Crippen LogP contribution in [0, 0.1) is 0 Å². The van der Waals surface area contributed by atoms with Crippen molar-refractivity contribution in [2.24, 2.45) is 7.05 Å². The number of aromatic nitrogens is 2. The molecule has 2 aromatic rings. The zero-order valence-corrected chi connectivity index (χ0v) is 12.3. The minimum Gasteiger partial charge on any atom is -0.387 e. The van der Waals surface area contributed by atoms with E-state index in [9.17, 15) is 5.11 Å². The summed E-state index contributed by atoms with van der Waals surface area (Å²) in [5.74, 6) is 0. The van der Waals surface area contributed by atoms with E-state index < -0.39 is 6.10 Å². The number of β-amino-alcohol motifs (C(OH)–C–C–N with tert-alkyl or cyclic N) is 1. The Morgan fingerprint density at radius 2 is 2.25 bits per heavy atom. The van der Waals surface area contributed by atoms with Gasteiger partial charge in [0.25, 0.3) is 0 Å². The number of likely N-dealkylation sites (tertiary alicyclic amines) is 1. The predicted molar refractivity (Wildman–Crippen MR) is 80.6 cm³/mol. The summed E-state index contributed by atoms with van der Waals surface area (Å²) in [7, 11) is 1.99. The molecule has 0 spiro atoms. The summed E-state index contributed by atoms with van der Waals surface area (Å²) in [6, 6.07) is 6.65. The summed E-state index contributed by atoms with van der Waals surface area (Å²) in [4.78, 5) is 6.76. The Morgan fingerprint density at radius 3 is 3.05 bits per heavy atom. The second kappa shape index (κ2) is 5.54. The quantitative estimate of drug-likeness (QED) is 0.934. The van der Waals surface area contributed by atoms with E-state index in [4.69, 9.17) is 0 Å². The number of rotatable bonds is 3. The number of aliphatic hydroxyl groups excluding tert-OH is 1. The van der Waals surface area contributed by atoms with E-state index >= 15 is 0 Å². The zero-order valence-electron chi connectivity index (χ0n) is 12.3. The van der Waals surface area contributed by atoms with Gasteiger partial charge in [-0.1, -0.05) is 12.5 Å². The first kappa shape index (κ1) is 13.6. The predicted octanol–water partition coefficient (Wildman–Crippen LogP) is 2.48. The summed E-state index contributed by atoms with van der Waals surface area (Å²) < 4.78 is 2.00. The molecule has 0 amide bonds. The molecule has 3 rings (SSSR count). The number of aryl methyl sites for hydroxylation is 1. The lowest BCUT2D eigenvalue weighted by molar-refractivity contribution is 0.0733. The SMILES string of the molecule is CC1CCCCN1CC(O)c1ccc2c(c1)ncn2C. The monoisotopic (exact) mass is 273 g/mol. The van der Waals surface area contributed by atoms with E-state index in [2.05, 4.69) is 16.8 Å². The molecule has 2 heterocycles. The highest BCUT2D eigenvalue weighted by molar-refractivity contribution is 5.76. The normalized spacial score (nSPS) is 22.2. The van der Waals surface area contributed by atoms with Crippen LogP contribution in [0.2, 0.25) is 0 Å². The number of benzene rings is 1. The van der Waals surface area contributed by atoms with Gasteiger partial charge in [0.2, 0.25) is 0 Å². The van der Waals surface area contributed by atoms with Crippen LogP contribution in [0.4, 0.5) is 0 Å². The molecule has 1 aliphatic rings. The Kier molecular flexibility index (Phi) is 3.76. The zero-order chi connectivity index (χ0) is 14.1. The number of nitrogens with zero attached hydrogens (tertiary/aromatic N) is 3. The Morgan fingerprint density at radius 1 is 1.40 bits per heavy atom. The smallest absolute Gasteiger partial charge is 0.0955 e. The lowest BCUT2D eigenvalue weighted by Gasteiger charge is -2.34. The standard InChI is InChI=1S/C16H23N3O/c1-12-5-3-4-8-19(12)10-16(20)13-6-7-15-14(9-13)17-11-18(15)2/h6-7,9,11-12,16,20H,3-5,8,10H2,1-2H3. The summed E-state index contributed by atoms with van der Waals surface area (Å²) in [5, 5.41) is 10.5. The number of hydrogen-bond acceptors (Lipinski definition) is 3. The van der Waals surface area contributed by atoms with Gasteiger partial charge in [0.1, 0.15) is 0 Å². The molecule has 0 aliphatic carbocycles. The van der Waals surface area contributed by atoms with E-state index in [1.807, 2.05) is 36.1 Å². The van der Waals surface area contributed by atoms with Gasteiger partial charge in [0, 0.05) is 19.6 Å². The molecular formula is C16H23N3O. The van der Waals surface area contributed by atoms with Crippen LogP contribution in [-0.4, -0.2) is 38.7 Å². The van der Waals surface area contributed by atoms with E-state index in [1.54, 1.807) is 0 Å². The van der Waals surface area contributed by atoms with Crippen molar-refractivity contribution in [2.75, 3.05) is 13.1 Å². The Bertz CT molecular complexity index is 592. The summed E-state index contributed by atoms with van der Waals surface area (Å²) in [6.07, 6.45) is 5.19. The minimum absolute atomic E-state index is 0.429. The maximum atomic E-state index is 10.5. The van der Waals surface area contributed by atoms with Crippen LogP contribution in [0.25, 0.3) is 11.0 Å². The molecule has 20 heavy (non-hydrogen) atoms. The molecule has 2 atom stereocenters. The van der Waals surface area contributed by atoms with Crippen LogP contribution < -0.4 is 0 Å². The molecule has 4 nitrogen and oxygen atoms in total. The number of aliphatic hydroxyl groups is 1. The van der Waals surface area contributed by atoms with Crippen molar-refractivity contribution < 1.29 is 5.11 Å². The highest BCUT2D eigenvalue weighted by atomic mass is 16.3. The van der Waals surface area contributed by atoms with Crippen LogP contribution in [0.5, 0.6) is 0 Å². The number of imidazole rings is 1. The molecule has 1 N–H and O–H groups in total. The van der Waals surface area contributed by atoms with Gasteiger partial charge in [-0.15, -0.1) is 0 Å². The van der Waals surface area contributed by atoms with E-state index in [1.165, 1.54) is 19.3 Å². The fourth-order valence-electron chi connectivity index (χ4n) is 3.12. The van der Waals surface area contributed by atoms with Crippen molar-refractivity contribution >= 4 is 11.0 Å². The maximum absolute atomic E-state index is 10.5. The van der Waals surface area contributed by atoms with Crippen LogP contribution in [0.1, 0.15) is 37.9 Å². The number of piperidine rings is 1. The van der Waals surface area contributed by atoms with E-state index in [0.29, 0.717) is 6.04 Å². The van der Waals surface area contributed by atoms with Gasteiger partial charge in [-0.2, -0.15) is 0 Å². The molecule has 4 heteroatoms. The van der Waals surface area contributed by atoms with Crippen LogP contribution in [-0.2, 0) is 7.05 Å². The Hall–Kier alpha value is -1.39. The third-order valence-electron chi connectivity index (χ3n) is 4.48. The molecule has 1 aliphatic heterocycles. The average Bonchev–Trinajstić information content (AvgIpc) is 2.82. The second-order valence-corrected chi connectivity index (χ2v) is 5.96. The Balaban J connectivity index is 1.76. The molecule has 1 aromatic heterocycles. The van der Waals surface area contributed by atoms with Crippen molar-refractivity contribution in [3.05, 3.63) is 30.1 Å². The highest BCUT2D eigenvalue weighted by Crippen LogP contribution is 2.23. The first-order valence-electron chi connectivity index (χ1n) is 7.48. The van der Waals surface area contributed by atoms with Crippen LogP contribution in [0.15, 0.2) is 24.5 Å². The van der Waals surface area contributed by atoms with Gasteiger partial charge in [-0.3, -0.25) is 4.90 Å². The lowest BCUT2D eigenvalue weighted by Crippen LogP contribution is -2.40. The van der Waals surface area contributed by atoms with Crippen molar-refractivity contribution in [2.45, 2.75) is 38.3 Å². The first-order valence-corrected chi connectivity index (χ1v) is 7.48. The third-order valence-corrected chi connectivity index (χ3v) is 4.48. The molecular weight excluding hydrogens is 250 g/mol. The highest BCUT2D eigenvalue weighted by Gasteiger charge is 2.21.